The van der Waals surface area contributed by atoms with Gasteiger partial charge in [0, 0.05) is 5.69 Å². The lowest BCUT2D eigenvalue weighted by Gasteiger charge is -1.93. The highest BCUT2D eigenvalue weighted by Gasteiger charge is 1.99. The van der Waals surface area contributed by atoms with Gasteiger partial charge in [-0.3, -0.25) is 0 Å². The van der Waals surface area contributed by atoms with Crippen LogP contribution in [0.4, 0.5) is 5.69 Å². The molecule has 1 aromatic rings. The molecule has 0 spiro atoms. The van der Waals surface area contributed by atoms with Gasteiger partial charge in [0.2, 0.25) is 0 Å². The Balaban J connectivity index is 0. The van der Waals surface area contributed by atoms with Gasteiger partial charge >= 0.3 is 5.97 Å². The molecule has 0 bridgehead atoms. The number of carboxylic acid groups (broad SMARTS) is 1. The number of aromatic carboxylic acids is 1. The van der Waals surface area contributed by atoms with E-state index in [0.717, 1.165) is 0 Å². The smallest absolute Gasteiger partial charge is 0.335 e. The molecule has 68 valence electrons. The Kier molecular flexibility index (Phi) is 6.47. The van der Waals surface area contributed by atoms with Crippen LogP contribution in [0.25, 0.3) is 0 Å². The molecule has 0 saturated heterocycles. The number of nitrogens with two attached hydrogens (primary N) is 1. The van der Waals surface area contributed by atoms with Crippen molar-refractivity contribution in [2.75, 3.05) is 5.73 Å². The lowest BCUT2D eigenvalue weighted by atomic mass is 10.2. The van der Waals surface area contributed by atoms with Crippen LogP contribution in [0, 0.1) is 0 Å². The number of benzene rings is 1. The monoisotopic (exact) mass is 209 g/mol. The van der Waals surface area contributed by atoms with Crippen molar-refractivity contribution in [2.24, 2.45) is 0 Å². The third kappa shape index (κ3) is 3.46. The Morgan fingerprint density at radius 3 is 2.25 bits per heavy atom. The SMILES string of the molecule is Cl.Cl.Nc1cccc(C(=O)O)c1. The van der Waals surface area contributed by atoms with Crippen molar-refractivity contribution in [1.29, 1.82) is 0 Å². The first-order chi connectivity index (χ1) is 4.70. The largest absolute Gasteiger partial charge is 0.478 e. The van der Waals surface area contributed by atoms with E-state index in [9.17, 15) is 4.79 Å². The normalized spacial score (nSPS) is 7.67. The van der Waals surface area contributed by atoms with Crippen LogP contribution in [-0.4, -0.2) is 11.1 Å². The number of halogens is 2. The van der Waals surface area contributed by atoms with E-state index in [0.29, 0.717) is 5.69 Å². The van der Waals surface area contributed by atoms with Gasteiger partial charge in [-0.05, 0) is 18.2 Å². The summed E-state index contributed by atoms with van der Waals surface area (Å²) in [6.07, 6.45) is 0. The molecular weight excluding hydrogens is 201 g/mol. The fraction of sp³-hybridized carbons (Fsp3) is 0. The molecule has 3 N–H and O–H groups in total. The molecule has 0 aliphatic carbocycles. The first kappa shape index (κ1) is 13.6. The second-order valence-corrected chi connectivity index (χ2v) is 1.93. The van der Waals surface area contributed by atoms with Crippen molar-refractivity contribution in [1.82, 2.24) is 0 Å². The van der Waals surface area contributed by atoms with E-state index in [1.54, 1.807) is 12.1 Å². The molecule has 0 unspecified atom stereocenters. The maximum atomic E-state index is 10.3. The van der Waals surface area contributed by atoms with Crippen molar-refractivity contribution in [3.63, 3.8) is 0 Å². The third-order valence-electron chi connectivity index (χ3n) is 1.13. The number of hydrogen-bond donors (Lipinski definition) is 2. The molecule has 0 radical (unpaired) electrons. The van der Waals surface area contributed by atoms with Crippen molar-refractivity contribution in [3.8, 4) is 0 Å². The number of carboxylic acids is 1. The number of anilines is 1. The fourth-order valence-electron chi connectivity index (χ4n) is 0.672. The lowest BCUT2D eigenvalue weighted by molar-refractivity contribution is 0.0697. The summed E-state index contributed by atoms with van der Waals surface area (Å²) in [6.45, 7) is 0. The Morgan fingerprint density at radius 2 is 1.92 bits per heavy atom. The van der Waals surface area contributed by atoms with E-state index in [4.69, 9.17) is 10.8 Å². The van der Waals surface area contributed by atoms with E-state index in [2.05, 4.69) is 0 Å². The van der Waals surface area contributed by atoms with Gasteiger partial charge in [0.25, 0.3) is 0 Å². The van der Waals surface area contributed by atoms with Gasteiger partial charge in [-0.15, -0.1) is 24.8 Å². The number of carbonyl (C=O) groups is 1. The Hall–Kier alpha value is -0.930. The molecule has 1 aromatic carbocycles. The van der Waals surface area contributed by atoms with Crippen LogP contribution >= 0.6 is 24.8 Å². The summed E-state index contributed by atoms with van der Waals surface area (Å²) in [7, 11) is 0. The van der Waals surface area contributed by atoms with Gasteiger partial charge in [-0.1, -0.05) is 6.07 Å². The van der Waals surface area contributed by atoms with Gasteiger partial charge in [0.1, 0.15) is 0 Å². The zero-order valence-corrected chi connectivity index (χ0v) is 7.69. The number of nitrogen functional groups attached to an aromatic ring is 1. The highest BCUT2D eigenvalue weighted by molar-refractivity contribution is 5.88. The summed E-state index contributed by atoms with van der Waals surface area (Å²) >= 11 is 0. The summed E-state index contributed by atoms with van der Waals surface area (Å²) in [5.74, 6) is -0.952. The highest BCUT2D eigenvalue weighted by atomic mass is 35.5. The van der Waals surface area contributed by atoms with Crippen LogP contribution in [0.1, 0.15) is 10.4 Å². The van der Waals surface area contributed by atoms with Crippen molar-refractivity contribution in [3.05, 3.63) is 29.8 Å². The summed E-state index contributed by atoms with van der Waals surface area (Å²) < 4.78 is 0. The summed E-state index contributed by atoms with van der Waals surface area (Å²) in [5, 5.41) is 8.45. The maximum Gasteiger partial charge on any atom is 0.335 e. The quantitative estimate of drug-likeness (QED) is 0.694. The molecule has 0 heterocycles. The fourth-order valence-corrected chi connectivity index (χ4v) is 0.672. The minimum atomic E-state index is -0.952. The highest BCUT2D eigenvalue weighted by Crippen LogP contribution is 2.05. The standard InChI is InChI=1S/C7H7NO2.2ClH/c8-6-3-1-2-5(4-6)7(9)10;;/h1-4H,8H2,(H,9,10);2*1H. The molecule has 0 aromatic heterocycles. The Labute approximate surface area is 82.4 Å². The van der Waals surface area contributed by atoms with E-state index in [1.807, 2.05) is 0 Å². The van der Waals surface area contributed by atoms with Gasteiger partial charge in [0.05, 0.1) is 5.56 Å². The third-order valence-corrected chi connectivity index (χ3v) is 1.13. The average molecular weight is 210 g/mol. The second kappa shape index (κ2) is 5.69. The van der Waals surface area contributed by atoms with Crippen LogP contribution in [0.2, 0.25) is 0 Å². The first-order valence-corrected chi connectivity index (χ1v) is 2.79. The molecule has 12 heavy (non-hydrogen) atoms. The molecule has 5 heteroatoms. The summed E-state index contributed by atoms with van der Waals surface area (Å²) in [6, 6.07) is 6.17. The lowest BCUT2D eigenvalue weighted by Crippen LogP contribution is -1.96. The zero-order chi connectivity index (χ0) is 7.56. The van der Waals surface area contributed by atoms with Crippen molar-refractivity contribution in [2.45, 2.75) is 0 Å². The van der Waals surface area contributed by atoms with Crippen LogP contribution < -0.4 is 5.73 Å². The van der Waals surface area contributed by atoms with Gasteiger partial charge in [0.15, 0.2) is 0 Å². The molecule has 3 nitrogen and oxygen atoms in total. The minimum Gasteiger partial charge on any atom is -0.478 e. The molecule has 1 rings (SSSR count). The van der Waals surface area contributed by atoms with E-state index in [1.165, 1.54) is 12.1 Å². The number of rotatable bonds is 1. The van der Waals surface area contributed by atoms with Crippen LogP contribution in [0.5, 0.6) is 0 Å². The first-order valence-electron chi connectivity index (χ1n) is 2.79. The van der Waals surface area contributed by atoms with E-state index >= 15 is 0 Å². The van der Waals surface area contributed by atoms with Gasteiger partial charge in [-0.25, -0.2) is 4.79 Å². The molecule has 0 aliphatic heterocycles. The summed E-state index contributed by atoms with van der Waals surface area (Å²) in [5.41, 5.74) is 6.03. The predicted octanol–water partition coefficient (Wildman–Crippen LogP) is 1.81. The molecule has 0 fully saturated rings. The Bertz CT molecular complexity index is 265. The average Bonchev–Trinajstić information content (AvgIpc) is 1.88. The van der Waals surface area contributed by atoms with Crippen LogP contribution in [-0.2, 0) is 0 Å². The van der Waals surface area contributed by atoms with Gasteiger partial charge in [-0.2, -0.15) is 0 Å². The second-order valence-electron chi connectivity index (χ2n) is 1.93. The molecule has 0 atom stereocenters. The van der Waals surface area contributed by atoms with Crippen LogP contribution in [0.3, 0.4) is 0 Å². The zero-order valence-electron chi connectivity index (χ0n) is 6.06. The number of hydrogen-bond acceptors (Lipinski definition) is 2. The predicted molar refractivity (Wildman–Crippen MR) is 52.3 cm³/mol. The van der Waals surface area contributed by atoms with E-state index < -0.39 is 5.97 Å². The Morgan fingerprint density at radius 1 is 1.33 bits per heavy atom. The van der Waals surface area contributed by atoms with Gasteiger partial charge < -0.3 is 10.8 Å². The molecule has 0 amide bonds. The van der Waals surface area contributed by atoms with Crippen LogP contribution in [0.15, 0.2) is 24.3 Å². The van der Waals surface area contributed by atoms with Crippen molar-refractivity contribution < 1.29 is 9.90 Å². The maximum absolute atomic E-state index is 10.3. The summed E-state index contributed by atoms with van der Waals surface area (Å²) in [4.78, 5) is 10.3. The molecular formula is C7H9Cl2NO2. The molecule has 0 aliphatic rings. The van der Waals surface area contributed by atoms with E-state index in [-0.39, 0.29) is 30.4 Å². The topological polar surface area (TPSA) is 63.3 Å². The van der Waals surface area contributed by atoms with Crippen molar-refractivity contribution >= 4 is 36.5 Å². The molecule has 0 saturated carbocycles. The minimum absolute atomic E-state index is 0.